The molecule has 1 atom stereocenters. The number of phenols is 1. The van der Waals surface area contributed by atoms with E-state index in [1.165, 1.54) is 6.07 Å². The Kier molecular flexibility index (Phi) is 2.63. The van der Waals surface area contributed by atoms with Crippen LogP contribution in [-0.2, 0) is 0 Å². The lowest BCUT2D eigenvalue weighted by Gasteiger charge is -2.26. The fourth-order valence-corrected chi connectivity index (χ4v) is 2.31. The molecular weight excluding hydrogens is 242 g/mol. The van der Waals surface area contributed by atoms with Crippen molar-refractivity contribution in [2.24, 2.45) is 0 Å². The van der Waals surface area contributed by atoms with Crippen molar-refractivity contribution in [2.75, 3.05) is 5.73 Å². The van der Waals surface area contributed by atoms with Gasteiger partial charge >= 0.3 is 0 Å². The molecule has 0 radical (unpaired) electrons. The number of rotatable bonds is 1. The SMILES string of the molecule is Nc1cc(O)c2c(c1)OC(c1ccccc1)CC2=O. The zero-order valence-electron chi connectivity index (χ0n) is 10.2. The number of anilines is 1. The van der Waals surface area contributed by atoms with Crippen LogP contribution in [0, 0.1) is 0 Å². The van der Waals surface area contributed by atoms with Crippen LogP contribution < -0.4 is 10.5 Å². The summed E-state index contributed by atoms with van der Waals surface area (Å²) < 4.78 is 5.79. The van der Waals surface area contributed by atoms with Crippen LogP contribution in [0.3, 0.4) is 0 Å². The Morgan fingerprint density at radius 1 is 1.21 bits per heavy atom. The first-order valence-electron chi connectivity index (χ1n) is 6.02. The molecule has 4 nitrogen and oxygen atoms in total. The van der Waals surface area contributed by atoms with E-state index >= 15 is 0 Å². The number of hydrogen-bond donors (Lipinski definition) is 2. The highest BCUT2D eigenvalue weighted by molar-refractivity contribution is 6.03. The predicted octanol–water partition coefficient (Wildman–Crippen LogP) is 2.68. The molecule has 0 saturated heterocycles. The third kappa shape index (κ3) is 2.01. The molecule has 0 fully saturated rings. The molecule has 2 aromatic carbocycles. The second-order valence-electron chi connectivity index (χ2n) is 4.56. The normalized spacial score (nSPS) is 17.7. The van der Waals surface area contributed by atoms with E-state index in [1.54, 1.807) is 6.07 Å². The Hall–Kier alpha value is -2.49. The number of Topliss-reactive ketones (excluding diaryl/α,β-unsaturated/α-hetero) is 1. The summed E-state index contributed by atoms with van der Waals surface area (Å²) in [5, 5.41) is 9.78. The van der Waals surface area contributed by atoms with Crippen LogP contribution in [0.4, 0.5) is 5.69 Å². The van der Waals surface area contributed by atoms with Crippen molar-refractivity contribution in [3.63, 3.8) is 0 Å². The third-order valence-corrected chi connectivity index (χ3v) is 3.19. The monoisotopic (exact) mass is 255 g/mol. The van der Waals surface area contributed by atoms with Crippen molar-refractivity contribution >= 4 is 11.5 Å². The number of ether oxygens (including phenoxy) is 1. The number of carbonyl (C=O) groups excluding carboxylic acids is 1. The molecule has 96 valence electrons. The molecule has 1 heterocycles. The minimum absolute atomic E-state index is 0.119. The topological polar surface area (TPSA) is 72.6 Å². The number of fused-ring (bicyclic) bond motifs is 1. The fraction of sp³-hybridized carbons (Fsp3) is 0.133. The third-order valence-electron chi connectivity index (χ3n) is 3.19. The van der Waals surface area contributed by atoms with Crippen LogP contribution in [0.15, 0.2) is 42.5 Å². The molecular formula is C15H13NO3. The summed E-state index contributed by atoms with van der Waals surface area (Å²) in [5.41, 5.74) is 7.19. The van der Waals surface area contributed by atoms with Crippen LogP contribution in [0.1, 0.15) is 28.4 Å². The van der Waals surface area contributed by atoms with Gasteiger partial charge in [-0.3, -0.25) is 4.79 Å². The first-order chi connectivity index (χ1) is 9.15. The van der Waals surface area contributed by atoms with Crippen molar-refractivity contribution in [3.05, 3.63) is 53.6 Å². The van der Waals surface area contributed by atoms with E-state index in [9.17, 15) is 9.90 Å². The lowest BCUT2D eigenvalue weighted by atomic mass is 9.95. The fourth-order valence-electron chi connectivity index (χ4n) is 2.31. The summed E-state index contributed by atoms with van der Waals surface area (Å²) >= 11 is 0. The van der Waals surface area contributed by atoms with E-state index in [1.807, 2.05) is 30.3 Å². The Labute approximate surface area is 110 Å². The number of nitrogen functional groups attached to an aromatic ring is 1. The Bertz CT molecular complexity index is 637. The van der Waals surface area contributed by atoms with E-state index in [4.69, 9.17) is 10.5 Å². The summed E-state index contributed by atoms with van der Waals surface area (Å²) in [6, 6.07) is 12.5. The Balaban J connectivity index is 2.03. The lowest BCUT2D eigenvalue weighted by molar-refractivity contribution is 0.0845. The summed E-state index contributed by atoms with van der Waals surface area (Å²) in [7, 11) is 0. The molecule has 1 unspecified atom stereocenters. The smallest absolute Gasteiger partial charge is 0.174 e. The Morgan fingerprint density at radius 2 is 1.95 bits per heavy atom. The first-order valence-corrected chi connectivity index (χ1v) is 6.02. The molecule has 19 heavy (non-hydrogen) atoms. The van der Waals surface area contributed by atoms with Crippen LogP contribution >= 0.6 is 0 Å². The average Bonchev–Trinajstić information content (AvgIpc) is 2.38. The highest BCUT2D eigenvalue weighted by atomic mass is 16.5. The lowest BCUT2D eigenvalue weighted by Crippen LogP contribution is -2.20. The van der Waals surface area contributed by atoms with Crippen molar-refractivity contribution in [3.8, 4) is 11.5 Å². The number of aromatic hydroxyl groups is 1. The molecule has 0 aromatic heterocycles. The molecule has 0 saturated carbocycles. The van der Waals surface area contributed by atoms with E-state index in [0.717, 1.165) is 5.56 Å². The number of nitrogens with two attached hydrogens (primary N) is 1. The van der Waals surface area contributed by atoms with Gasteiger partial charge in [-0.1, -0.05) is 30.3 Å². The molecule has 0 amide bonds. The number of hydrogen-bond acceptors (Lipinski definition) is 4. The zero-order chi connectivity index (χ0) is 13.4. The van der Waals surface area contributed by atoms with Crippen molar-refractivity contribution in [1.82, 2.24) is 0 Å². The average molecular weight is 255 g/mol. The molecule has 4 heteroatoms. The van der Waals surface area contributed by atoms with Crippen LogP contribution in [0.25, 0.3) is 0 Å². The van der Waals surface area contributed by atoms with E-state index in [2.05, 4.69) is 0 Å². The van der Waals surface area contributed by atoms with Gasteiger partial charge in [0.2, 0.25) is 0 Å². The predicted molar refractivity (Wildman–Crippen MR) is 71.3 cm³/mol. The van der Waals surface area contributed by atoms with Crippen molar-refractivity contribution in [2.45, 2.75) is 12.5 Å². The highest BCUT2D eigenvalue weighted by Crippen LogP contribution is 2.40. The van der Waals surface area contributed by atoms with Gasteiger partial charge in [-0.2, -0.15) is 0 Å². The number of benzene rings is 2. The number of phenolic OH excluding ortho intramolecular Hbond substituents is 1. The van der Waals surface area contributed by atoms with Crippen molar-refractivity contribution in [1.29, 1.82) is 0 Å². The second-order valence-corrected chi connectivity index (χ2v) is 4.56. The van der Waals surface area contributed by atoms with Crippen LogP contribution in [-0.4, -0.2) is 10.9 Å². The quantitative estimate of drug-likeness (QED) is 0.768. The van der Waals surface area contributed by atoms with Crippen molar-refractivity contribution < 1.29 is 14.6 Å². The maximum absolute atomic E-state index is 12.1. The molecule has 3 rings (SSSR count). The van der Waals surface area contributed by atoms with Gasteiger partial charge in [-0.25, -0.2) is 0 Å². The molecule has 3 N–H and O–H groups in total. The van der Waals surface area contributed by atoms with E-state index in [-0.39, 0.29) is 29.6 Å². The zero-order valence-corrected chi connectivity index (χ0v) is 10.2. The summed E-state index contributed by atoms with van der Waals surface area (Å²) in [4.78, 5) is 12.1. The van der Waals surface area contributed by atoms with E-state index in [0.29, 0.717) is 11.4 Å². The van der Waals surface area contributed by atoms with Gasteiger partial charge in [0.05, 0.1) is 6.42 Å². The maximum Gasteiger partial charge on any atom is 0.174 e. The second kappa shape index (κ2) is 4.31. The van der Waals surface area contributed by atoms with E-state index < -0.39 is 0 Å². The number of ketones is 1. The summed E-state index contributed by atoms with van der Waals surface area (Å²) in [6.45, 7) is 0. The van der Waals surface area contributed by atoms with Gasteiger partial charge in [0.15, 0.2) is 5.78 Å². The van der Waals surface area contributed by atoms with Gasteiger partial charge in [-0.15, -0.1) is 0 Å². The minimum Gasteiger partial charge on any atom is -0.507 e. The largest absolute Gasteiger partial charge is 0.507 e. The van der Waals surface area contributed by atoms with Crippen LogP contribution in [0.5, 0.6) is 11.5 Å². The van der Waals surface area contributed by atoms with Gasteiger partial charge in [0.1, 0.15) is 23.2 Å². The maximum atomic E-state index is 12.1. The molecule has 0 bridgehead atoms. The summed E-state index contributed by atoms with van der Waals surface area (Å²) in [6.07, 6.45) is -0.114. The molecule has 0 aliphatic carbocycles. The highest BCUT2D eigenvalue weighted by Gasteiger charge is 2.30. The standard InChI is InChI=1S/C15H13NO3/c16-10-6-11(17)15-12(18)8-13(19-14(15)7-10)9-4-2-1-3-5-9/h1-7,13,17H,8,16H2. The van der Waals surface area contributed by atoms with Gasteiger partial charge < -0.3 is 15.6 Å². The Morgan fingerprint density at radius 3 is 2.68 bits per heavy atom. The number of carbonyl (C=O) groups is 1. The molecule has 1 aliphatic rings. The van der Waals surface area contributed by atoms with Crippen LogP contribution in [0.2, 0.25) is 0 Å². The molecule has 0 spiro atoms. The minimum atomic E-state index is -0.331. The molecule has 1 aliphatic heterocycles. The summed E-state index contributed by atoms with van der Waals surface area (Å²) in [5.74, 6) is 0.0988. The van der Waals surface area contributed by atoms with Gasteiger partial charge in [-0.05, 0) is 5.56 Å². The van der Waals surface area contributed by atoms with Gasteiger partial charge in [0.25, 0.3) is 0 Å². The molecule has 2 aromatic rings. The van der Waals surface area contributed by atoms with Gasteiger partial charge in [0, 0.05) is 17.8 Å². The first kappa shape index (κ1) is 11.6.